The summed E-state index contributed by atoms with van der Waals surface area (Å²) in [5.41, 5.74) is 0. The third kappa shape index (κ3) is 2.16. The predicted octanol–water partition coefficient (Wildman–Crippen LogP) is 1.98. The predicted molar refractivity (Wildman–Crippen MR) is 45.3 cm³/mol. The Kier molecular flexibility index (Phi) is 3.31. The van der Waals surface area contributed by atoms with Crippen LogP contribution in [0.3, 0.4) is 0 Å². The van der Waals surface area contributed by atoms with Crippen molar-refractivity contribution < 1.29 is 4.39 Å². The Morgan fingerprint density at radius 3 is 2.91 bits per heavy atom. The van der Waals surface area contributed by atoms with E-state index < -0.39 is 6.17 Å². The molecule has 0 aromatic carbocycles. The fraction of sp³-hybridized carbons (Fsp3) is 1.00. The summed E-state index contributed by atoms with van der Waals surface area (Å²) in [6, 6.07) is 0. The van der Waals surface area contributed by atoms with Crippen molar-refractivity contribution in [3.8, 4) is 0 Å². The van der Waals surface area contributed by atoms with E-state index in [1.54, 1.807) is 0 Å². The van der Waals surface area contributed by atoms with Crippen LogP contribution in [-0.4, -0.2) is 19.3 Å². The molecule has 66 valence electrons. The molecule has 1 aliphatic heterocycles. The SMILES string of the molecule is CCC(C)C1CCNCC1F. The Morgan fingerprint density at radius 2 is 2.36 bits per heavy atom. The number of rotatable bonds is 2. The number of nitrogens with one attached hydrogen (secondary N) is 1. The molecular formula is C9H18FN. The van der Waals surface area contributed by atoms with Gasteiger partial charge in [0, 0.05) is 6.54 Å². The number of alkyl halides is 1. The van der Waals surface area contributed by atoms with Gasteiger partial charge in [-0.2, -0.15) is 0 Å². The van der Waals surface area contributed by atoms with E-state index in [2.05, 4.69) is 19.2 Å². The van der Waals surface area contributed by atoms with E-state index in [1.807, 2.05) is 0 Å². The summed E-state index contributed by atoms with van der Waals surface area (Å²) in [6.45, 7) is 5.85. The Hall–Kier alpha value is -0.110. The van der Waals surface area contributed by atoms with Crippen molar-refractivity contribution in [2.45, 2.75) is 32.9 Å². The van der Waals surface area contributed by atoms with Crippen molar-refractivity contribution in [1.82, 2.24) is 5.32 Å². The molecule has 1 fully saturated rings. The smallest absolute Gasteiger partial charge is 0.116 e. The Morgan fingerprint density at radius 1 is 1.64 bits per heavy atom. The minimum absolute atomic E-state index is 0.307. The van der Waals surface area contributed by atoms with Crippen molar-refractivity contribution in [3.63, 3.8) is 0 Å². The summed E-state index contributed by atoms with van der Waals surface area (Å²) in [6.07, 6.45) is 1.50. The van der Waals surface area contributed by atoms with Crippen LogP contribution in [0, 0.1) is 11.8 Å². The molecule has 1 heterocycles. The molecular weight excluding hydrogens is 141 g/mol. The van der Waals surface area contributed by atoms with Gasteiger partial charge in [-0.1, -0.05) is 20.3 Å². The highest BCUT2D eigenvalue weighted by Gasteiger charge is 2.27. The molecule has 0 saturated carbocycles. The highest BCUT2D eigenvalue weighted by Crippen LogP contribution is 2.26. The van der Waals surface area contributed by atoms with Gasteiger partial charge in [-0.05, 0) is 24.8 Å². The molecule has 2 heteroatoms. The fourth-order valence-corrected chi connectivity index (χ4v) is 1.78. The molecule has 1 saturated heterocycles. The standard InChI is InChI=1S/C9H18FN/c1-3-7(2)8-4-5-11-6-9(8)10/h7-9,11H,3-6H2,1-2H3. The van der Waals surface area contributed by atoms with Crippen molar-refractivity contribution >= 4 is 0 Å². The molecule has 0 radical (unpaired) electrons. The lowest BCUT2D eigenvalue weighted by Gasteiger charge is -2.30. The number of hydrogen-bond donors (Lipinski definition) is 1. The second kappa shape index (κ2) is 4.05. The molecule has 0 bridgehead atoms. The van der Waals surface area contributed by atoms with Gasteiger partial charge in [0.25, 0.3) is 0 Å². The average Bonchev–Trinajstić information content (AvgIpc) is 2.04. The third-order valence-electron chi connectivity index (χ3n) is 2.83. The fourth-order valence-electron chi connectivity index (χ4n) is 1.78. The summed E-state index contributed by atoms with van der Waals surface area (Å²) in [4.78, 5) is 0. The molecule has 1 rings (SSSR count). The van der Waals surface area contributed by atoms with E-state index in [0.29, 0.717) is 18.4 Å². The third-order valence-corrected chi connectivity index (χ3v) is 2.83. The van der Waals surface area contributed by atoms with Gasteiger partial charge in [-0.15, -0.1) is 0 Å². The van der Waals surface area contributed by atoms with Gasteiger partial charge >= 0.3 is 0 Å². The zero-order valence-corrected chi connectivity index (χ0v) is 7.44. The van der Waals surface area contributed by atoms with Crippen molar-refractivity contribution in [2.75, 3.05) is 13.1 Å². The second-order valence-corrected chi connectivity index (χ2v) is 3.56. The minimum Gasteiger partial charge on any atom is -0.314 e. The van der Waals surface area contributed by atoms with E-state index >= 15 is 0 Å². The van der Waals surface area contributed by atoms with Crippen LogP contribution in [0.1, 0.15) is 26.7 Å². The van der Waals surface area contributed by atoms with Gasteiger partial charge in [0.2, 0.25) is 0 Å². The zero-order valence-electron chi connectivity index (χ0n) is 7.44. The van der Waals surface area contributed by atoms with Crippen LogP contribution in [-0.2, 0) is 0 Å². The molecule has 11 heavy (non-hydrogen) atoms. The highest BCUT2D eigenvalue weighted by atomic mass is 19.1. The van der Waals surface area contributed by atoms with Crippen molar-refractivity contribution in [2.24, 2.45) is 11.8 Å². The average molecular weight is 159 g/mol. The lowest BCUT2D eigenvalue weighted by atomic mass is 9.83. The molecule has 1 nitrogen and oxygen atoms in total. The van der Waals surface area contributed by atoms with Crippen LogP contribution >= 0.6 is 0 Å². The Balaban J connectivity index is 2.40. The summed E-state index contributed by atoms with van der Waals surface area (Å²) in [5.74, 6) is 0.855. The van der Waals surface area contributed by atoms with Crippen LogP contribution in [0.15, 0.2) is 0 Å². The lowest BCUT2D eigenvalue weighted by Crippen LogP contribution is -2.40. The molecule has 0 aromatic rings. The normalized spacial score (nSPS) is 35.2. The first kappa shape index (κ1) is 8.98. The first-order valence-corrected chi connectivity index (χ1v) is 4.60. The van der Waals surface area contributed by atoms with Crippen LogP contribution in [0.25, 0.3) is 0 Å². The molecule has 0 spiro atoms. The van der Waals surface area contributed by atoms with Crippen molar-refractivity contribution in [1.29, 1.82) is 0 Å². The van der Waals surface area contributed by atoms with E-state index in [0.717, 1.165) is 19.4 Å². The second-order valence-electron chi connectivity index (χ2n) is 3.56. The molecule has 0 aromatic heterocycles. The van der Waals surface area contributed by atoms with E-state index in [-0.39, 0.29) is 0 Å². The molecule has 3 unspecified atom stereocenters. The summed E-state index contributed by atoms with van der Waals surface area (Å²) < 4.78 is 13.2. The van der Waals surface area contributed by atoms with Crippen LogP contribution in [0.2, 0.25) is 0 Å². The number of hydrogen-bond acceptors (Lipinski definition) is 1. The maximum absolute atomic E-state index is 13.2. The van der Waals surface area contributed by atoms with Gasteiger partial charge in [-0.25, -0.2) is 4.39 Å². The summed E-state index contributed by atoms with van der Waals surface area (Å²) >= 11 is 0. The van der Waals surface area contributed by atoms with Crippen molar-refractivity contribution in [3.05, 3.63) is 0 Å². The topological polar surface area (TPSA) is 12.0 Å². The summed E-state index contributed by atoms with van der Waals surface area (Å²) in [7, 11) is 0. The Labute approximate surface area is 68.4 Å². The monoisotopic (exact) mass is 159 g/mol. The van der Waals surface area contributed by atoms with Gasteiger partial charge < -0.3 is 5.32 Å². The Bertz CT molecular complexity index is 112. The lowest BCUT2D eigenvalue weighted by molar-refractivity contribution is 0.130. The van der Waals surface area contributed by atoms with Gasteiger partial charge in [0.15, 0.2) is 0 Å². The molecule has 0 aliphatic carbocycles. The van der Waals surface area contributed by atoms with Gasteiger partial charge in [0.05, 0.1) is 0 Å². The number of halogens is 1. The van der Waals surface area contributed by atoms with E-state index in [9.17, 15) is 4.39 Å². The maximum Gasteiger partial charge on any atom is 0.116 e. The van der Waals surface area contributed by atoms with Crippen LogP contribution in [0.5, 0.6) is 0 Å². The molecule has 3 atom stereocenters. The van der Waals surface area contributed by atoms with Gasteiger partial charge in [-0.3, -0.25) is 0 Å². The molecule has 0 amide bonds. The summed E-state index contributed by atoms with van der Waals surface area (Å²) in [5, 5.41) is 3.07. The minimum atomic E-state index is -0.612. The van der Waals surface area contributed by atoms with E-state index in [1.165, 1.54) is 0 Å². The van der Waals surface area contributed by atoms with Gasteiger partial charge in [0.1, 0.15) is 6.17 Å². The largest absolute Gasteiger partial charge is 0.314 e. The van der Waals surface area contributed by atoms with Crippen LogP contribution in [0.4, 0.5) is 4.39 Å². The van der Waals surface area contributed by atoms with Crippen LogP contribution < -0.4 is 5.32 Å². The first-order chi connectivity index (χ1) is 5.25. The highest BCUT2D eigenvalue weighted by molar-refractivity contribution is 4.80. The zero-order chi connectivity index (χ0) is 8.27. The maximum atomic E-state index is 13.2. The molecule has 1 N–H and O–H groups in total. The number of piperidine rings is 1. The molecule has 1 aliphatic rings. The quantitative estimate of drug-likeness (QED) is 0.649. The first-order valence-electron chi connectivity index (χ1n) is 4.60. The van der Waals surface area contributed by atoms with E-state index in [4.69, 9.17) is 0 Å².